The molecule has 1 aromatic heterocycles. The Morgan fingerprint density at radius 1 is 1.39 bits per heavy atom. The van der Waals surface area contributed by atoms with Gasteiger partial charge in [0.15, 0.2) is 0 Å². The van der Waals surface area contributed by atoms with Crippen LogP contribution in [0.15, 0.2) is 12.1 Å². The van der Waals surface area contributed by atoms with Crippen molar-refractivity contribution in [2.24, 2.45) is 5.73 Å². The van der Waals surface area contributed by atoms with Crippen molar-refractivity contribution in [2.45, 2.75) is 45.3 Å². The first-order valence-corrected chi connectivity index (χ1v) is 7.26. The van der Waals surface area contributed by atoms with Crippen LogP contribution in [0.2, 0.25) is 0 Å². The monoisotopic (exact) mass is 270 g/mol. The van der Waals surface area contributed by atoms with Gasteiger partial charge in [-0.05, 0) is 24.5 Å². The molecule has 0 aliphatic carbocycles. The van der Waals surface area contributed by atoms with E-state index >= 15 is 0 Å². The minimum atomic E-state index is 0.209. The van der Waals surface area contributed by atoms with Crippen molar-refractivity contribution < 1.29 is 4.74 Å². The summed E-state index contributed by atoms with van der Waals surface area (Å²) in [6.45, 7) is 10.2. The van der Waals surface area contributed by atoms with E-state index in [0.29, 0.717) is 6.54 Å². The van der Waals surface area contributed by atoms with E-state index in [4.69, 9.17) is 10.5 Å². The SMILES string of the molecule is COC(C)CNC(CN)c1ccc(C(C)(C)C)s1. The van der Waals surface area contributed by atoms with E-state index in [9.17, 15) is 0 Å². The Bertz CT molecular complexity index is 357. The maximum atomic E-state index is 5.85. The second-order valence-electron chi connectivity index (χ2n) is 5.69. The average Bonchev–Trinajstić information content (AvgIpc) is 2.78. The molecule has 1 aromatic rings. The molecule has 2 unspecified atom stereocenters. The summed E-state index contributed by atoms with van der Waals surface area (Å²) in [5, 5.41) is 3.46. The fourth-order valence-electron chi connectivity index (χ4n) is 1.63. The average molecular weight is 270 g/mol. The molecule has 0 aliphatic heterocycles. The fraction of sp³-hybridized carbons (Fsp3) is 0.714. The van der Waals surface area contributed by atoms with Crippen LogP contribution in [0.1, 0.15) is 43.5 Å². The van der Waals surface area contributed by atoms with Crippen molar-refractivity contribution in [1.82, 2.24) is 5.32 Å². The van der Waals surface area contributed by atoms with E-state index in [1.165, 1.54) is 9.75 Å². The van der Waals surface area contributed by atoms with E-state index < -0.39 is 0 Å². The maximum Gasteiger partial charge on any atom is 0.0667 e. The van der Waals surface area contributed by atoms with Gasteiger partial charge in [0, 0.05) is 30.0 Å². The lowest BCUT2D eigenvalue weighted by Gasteiger charge is -2.19. The van der Waals surface area contributed by atoms with Crippen LogP contribution in [-0.2, 0) is 10.2 Å². The standard InChI is InChI=1S/C14H26N2OS/c1-10(17-5)9-16-11(8-15)12-6-7-13(18-12)14(2,3)4/h6-7,10-11,16H,8-9,15H2,1-5H3. The molecule has 1 rings (SSSR count). The Balaban J connectivity index is 2.68. The lowest BCUT2D eigenvalue weighted by molar-refractivity contribution is 0.114. The van der Waals surface area contributed by atoms with Gasteiger partial charge in [0.1, 0.15) is 0 Å². The van der Waals surface area contributed by atoms with Crippen molar-refractivity contribution in [3.63, 3.8) is 0 Å². The second-order valence-corrected chi connectivity index (χ2v) is 6.81. The fourth-order valence-corrected chi connectivity index (χ4v) is 2.79. The summed E-state index contributed by atoms with van der Waals surface area (Å²) >= 11 is 1.85. The van der Waals surface area contributed by atoms with Gasteiger partial charge in [0.05, 0.1) is 12.1 Å². The molecular formula is C14H26N2OS. The molecule has 3 nitrogen and oxygen atoms in total. The third-order valence-electron chi connectivity index (χ3n) is 3.00. The number of nitrogens with one attached hydrogen (secondary N) is 1. The van der Waals surface area contributed by atoms with Gasteiger partial charge in [-0.1, -0.05) is 20.8 Å². The predicted molar refractivity (Wildman–Crippen MR) is 79.3 cm³/mol. The van der Waals surface area contributed by atoms with Gasteiger partial charge in [-0.2, -0.15) is 0 Å². The van der Waals surface area contributed by atoms with Crippen LogP contribution in [-0.4, -0.2) is 26.3 Å². The molecule has 0 aromatic carbocycles. The molecule has 0 fully saturated rings. The lowest BCUT2D eigenvalue weighted by atomic mass is 9.95. The van der Waals surface area contributed by atoms with Crippen LogP contribution in [0.5, 0.6) is 0 Å². The second kappa shape index (κ2) is 6.66. The highest BCUT2D eigenvalue weighted by molar-refractivity contribution is 7.12. The van der Waals surface area contributed by atoms with Gasteiger partial charge in [-0.15, -0.1) is 11.3 Å². The van der Waals surface area contributed by atoms with Crippen molar-refractivity contribution >= 4 is 11.3 Å². The van der Waals surface area contributed by atoms with Gasteiger partial charge in [0.2, 0.25) is 0 Å². The molecule has 3 N–H and O–H groups in total. The van der Waals surface area contributed by atoms with Crippen LogP contribution < -0.4 is 11.1 Å². The smallest absolute Gasteiger partial charge is 0.0667 e. The summed E-state index contributed by atoms with van der Waals surface area (Å²) in [5.74, 6) is 0. The third kappa shape index (κ3) is 4.35. The number of hydrogen-bond acceptors (Lipinski definition) is 4. The van der Waals surface area contributed by atoms with Gasteiger partial charge in [0.25, 0.3) is 0 Å². The van der Waals surface area contributed by atoms with Gasteiger partial charge < -0.3 is 15.8 Å². The molecule has 4 heteroatoms. The number of ether oxygens (including phenoxy) is 1. The van der Waals surface area contributed by atoms with Crippen LogP contribution in [0.4, 0.5) is 0 Å². The zero-order valence-corrected chi connectivity index (χ0v) is 12.9. The van der Waals surface area contributed by atoms with Crippen LogP contribution in [0.3, 0.4) is 0 Å². The highest BCUT2D eigenvalue weighted by Crippen LogP contribution is 2.32. The van der Waals surface area contributed by atoms with Gasteiger partial charge in [-0.3, -0.25) is 0 Å². The highest BCUT2D eigenvalue weighted by Gasteiger charge is 2.19. The molecule has 104 valence electrons. The van der Waals surface area contributed by atoms with E-state index in [-0.39, 0.29) is 17.6 Å². The Hall–Kier alpha value is -0.420. The Morgan fingerprint density at radius 2 is 2.06 bits per heavy atom. The lowest BCUT2D eigenvalue weighted by Crippen LogP contribution is -2.33. The van der Waals surface area contributed by atoms with Crippen LogP contribution >= 0.6 is 11.3 Å². The van der Waals surface area contributed by atoms with Gasteiger partial charge >= 0.3 is 0 Å². The van der Waals surface area contributed by atoms with E-state index in [1.54, 1.807) is 7.11 Å². The molecule has 0 saturated carbocycles. The predicted octanol–water partition coefficient (Wildman–Crippen LogP) is 2.67. The minimum absolute atomic E-state index is 0.209. The Kier molecular flexibility index (Phi) is 5.79. The molecule has 0 spiro atoms. The zero-order chi connectivity index (χ0) is 13.8. The summed E-state index contributed by atoms with van der Waals surface area (Å²) in [5.41, 5.74) is 6.06. The van der Waals surface area contributed by atoms with E-state index in [0.717, 1.165) is 6.54 Å². The molecule has 0 amide bonds. The third-order valence-corrected chi connectivity index (χ3v) is 4.62. The molecule has 18 heavy (non-hydrogen) atoms. The molecular weight excluding hydrogens is 244 g/mol. The van der Waals surface area contributed by atoms with Crippen molar-refractivity contribution in [3.05, 3.63) is 21.9 Å². The normalized spacial score (nSPS) is 15.7. The maximum absolute atomic E-state index is 5.85. The first-order valence-electron chi connectivity index (χ1n) is 6.45. The zero-order valence-electron chi connectivity index (χ0n) is 12.1. The highest BCUT2D eigenvalue weighted by atomic mass is 32.1. The first kappa shape index (κ1) is 15.6. The summed E-state index contributed by atoms with van der Waals surface area (Å²) in [6.07, 6.45) is 0.209. The Morgan fingerprint density at radius 3 is 2.50 bits per heavy atom. The largest absolute Gasteiger partial charge is 0.380 e. The Labute approximate surface area is 115 Å². The topological polar surface area (TPSA) is 47.3 Å². The van der Waals surface area contributed by atoms with E-state index in [2.05, 4.69) is 45.1 Å². The minimum Gasteiger partial charge on any atom is -0.380 e. The summed E-state index contributed by atoms with van der Waals surface area (Å²) in [4.78, 5) is 2.71. The number of methoxy groups -OCH3 is 1. The number of rotatable bonds is 6. The van der Waals surface area contributed by atoms with Crippen molar-refractivity contribution in [2.75, 3.05) is 20.2 Å². The van der Waals surface area contributed by atoms with E-state index in [1.807, 2.05) is 11.3 Å². The molecule has 0 bridgehead atoms. The van der Waals surface area contributed by atoms with Crippen LogP contribution in [0.25, 0.3) is 0 Å². The molecule has 1 heterocycles. The van der Waals surface area contributed by atoms with Crippen LogP contribution in [0, 0.1) is 0 Å². The van der Waals surface area contributed by atoms with Crippen molar-refractivity contribution in [3.8, 4) is 0 Å². The summed E-state index contributed by atoms with van der Waals surface area (Å²) < 4.78 is 5.24. The summed E-state index contributed by atoms with van der Waals surface area (Å²) in [6, 6.07) is 4.63. The summed E-state index contributed by atoms with van der Waals surface area (Å²) in [7, 11) is 1.73. The molecule has 0 aliphatic rings. The molecule has 0 saturated heterocycles. The quantitative estimate of drug-likeness (QED) is 0.835. The van der Waals surface area contributed by atoms with Gasteiger partial charge in [-0.25, -0.2) is 0 Å². The molecule has 2 atom stereocenters. The first-order chi connectivity index (χ1) is 8.38. The molecule has 0 radical (unpaired) electrons. The number of hydrogen-bond donors (Lipinski definition) is 2. The number of nitrogens with two attached hydrogens (primary N) is 1. The number of thiophene rings is 1. The van der Waals surface area contributed by atoms with Crippen molar-refractivity contribution in [1.29, 1.82) is 0 Å².